The number of hydrogen-bond donors (Lipinski definition) is 1. The molecule has 11 heteroatoms. The molecule has 3 aromatic rings. The number of ether oxygens (including phenoxy) is 1. The van der Waals surface area contributed by atoms with Crippen LogP contribution in [0.2, 0.25) is 0 Å². The van der Waals surface area contributed by atoms with E-state index in [9.17, 15) is 0 Å². The van der Waals surface area contributed by atoms with Crippen LogP contribution in [0, 0.1) is 0 Å². The van der Waals surface area contributed by atoms with E-state index in [-0.39, 0.29) is 0 Å². The molecule has 1 N–H and O–H groups in total. The van der Waals surface area contributed by atoms with Crippen LogP contribution >= 0.6 is 11.8 Å². The van der Waals surface area contributed by atoms with E-state index in [4.69, 9.17) is 4.74 Å². The molecule has 0 unspecified atom stereocenters. The molecular weight excluding hydrogens is 426 g/mol. The van der Waals surface area contributed by atoms with Crippen molar-refractivity contribution in [3.05, 3.63) is 35.7 Å². The fourth-order valence-corrected chi connectivity index (χ4v) is 4.39. The first-order valence-electron chi connectivity index (χ1n) is 11.1. The van der Waals surface area contributed by atoms with E-state index >= 15 is 0 Å². The van der Waals surface area contributed by atoms with Gasteiger partial charge in [-0.2, -0.15) is 10.1 Å². The largest absolute Gasteiger partial charge is 0.494 e. The molecule has 0 bridgehead atoms. The minimum Gasteiger partial charge on any atom is -0.494 e. The van der Waals surface area contributed by atoms with Crippen LogP contribution in [0.3, 0.4) is 0 Å². The van der Waals surface area contributed by atoms with Crippen LogP contribution in [-0.2, 0) is 26.4 Å². The van der Waals surface area contributed by atoms with Gasteiger partial charge in [0.2, 0.25) is 11.1 Å². The number of aromatic nitrogens is 7. The summed E-state index contributed by atoms with van der Waals surface area (Å²) in [6.45, 7) is 4.84. The highest BCUT2D eigenvalue weighted by molar-refractivity contribution is 7.98. The zero-order valence-electron chi connectivity index (χ0n) is 18.8. The zero-order chi connectivity index (χ0) is 22.2. The predicted molar refractivity (Wildman–Crippen MR) is 124 cm³/mol. The van der Waals surface area contributed by atoms with E-state index in [0.717, 1.165) is 42.2 Å². The van der Waals surface area contributed by atoms with Gasteiger partial charge >= 0.3 is 0 Å². The lowest BCUT2D eigenvalue weighted by Crippen LogP contribution is -2.29. The van der Waals surface area contributed by atoms with Gasteiger partial charge < -0.3 is 10.1 Å². The second kappa shape index (κ2) is 11.3. The summed E-state index contributed by atoms with van der Waals surface area (Å²) < 4.78 is 9.37. The molecular formula is C21H31N9OS. The van der Waals surface area contributed by atoms with Gasteiger partial charge in [-0.15, -0.1) is 5.10 Å². The molecule has 2 aromatic heterocycles. The zero-order valence-corrected chi connectivity index (χ0v) is 19.6. The van der Waals surface area contributed by atoms with Gasteiger partial charge in [0.05, 0.1) is 12.4 Å². The van der Waals surface area contributed by atoms with Gasteiger partial charge in [-0.1, -0.05) is 30.3 Å². The van der Waals surface area contributed by atoms with E-state index < -0.39 is 0 Å². The second-order valence-electron chi connectivity index (χ2n) is 7.96. The van der Waals surface area contributed by atoms with E-state index in [1.807, 2.05) is 20.2 Å². The number of piperidine rings is 1. The highest BCUT2D eigenvalue weighted by atomic mass is 32.2. The SMILES string of the molecule is Cn1nc(CSc2nnnn2C)nc1NCCCOc1cccc(CN2CCCCC2)c1. The van der Waals surface area contributed by atoms with E-state index in [1.165, 1.54) is 49.7 Å². The number of aryl methyl sites for hydroxylation is 2. The van der Waals surface area contributed by atoms with Crippen molar-refractivity contribution in [2.45, 2.75) is 43.1 Å². The summed E-state index contributed by atoms with van der Waals surface area (Å²) in [4.78, 5) is 7.09. The molecule has 0 aliphatic carbocycles. The third kappa shape index (κ3) is 6.42. The first-order chi connectivity index (χ1) is 15.7. The number of likely N-dealkylation sites (tertiary alicyclic amines) is 1. The first kappa shape index (κ1) is 22.5. The van der Waals surface area contributed by atoms with Crippen molar-refractivity contribution < 1.29 is 4.74 Å². The molecule has 1 saturated heterocycles. The van der Waals surface area contributed by atoms with E-state index in [1.54, 1.807) is 9.36 Å². The number of hydrogen-bond acceptors (Lipinski definition) is 9. The molecule has 172 valence electrons. The molecule has 10 nitrogen and oxygen atoms in total. The van der Waals surface area contributed by atoms with Crippen LogP contribution in [-0.4, -0.2) is 66.1 Å². The predicted octanol–water partition coefficient (Wildman–Crippen LogP) is 2.50. The molecule has 32 heavy (non-hydrogen) atoms. The Bertz CT molecular complexity index is 983. The average Bonchev–Trinajstić information content (AvgIpc) is 3.37. The van der Waals surface area contributed by atoms with Crippen LogP contribution in [0.4, 0.5) is 5.95 Å². The lowest BCUT2D eigenvalue weighted by Gasteiger charge is -2.26. The normalized spacial score (nSPS) is 14.6. The Balaban J connectivity index is 1.17. The summed E-state index contributed by atoms with van der Waals surface area (Å²) in [5.41, 5.74) is 1.32. The van der Waals surface area contributed by atoms with Crippen molar-refractivity contribution in [2.75, 3.05) is 31.6 Å². The number of tetrazole rings is 1. The molecule has 0 amide bonds. The third-order valence-corrected chi connectivity index (χ3v) is 6.35. The maximum absolute atomic E-state index is 5.97. The van der Waals surface area contributed by atoms with Crippen LogP contribution < -0.4 is 10.1 Å². The highest BCUT2D eigenvalue weighted by Crippen LogP contribution is 2.19. The van der Waals surface area contributed by atoms with Crippen LogP contribution in [0.5, 0.6) is 5.75 Å². The quantitative estimate of drug-likeness (QED) is 0.344. The summed E-state index contributed by atoms with van der Waals surface area (Å²) in [5, 5.41) is 20.0. The van der Waals surface area contributed by atoms with Gasteiger partial charge in [0.25, 0.3) is 0 Å². The number of nitrogens with one attached hydrogen (secondary N) is 1. The van der Waals surface area contributed by atoms with Gasteiger partial charge in [0, 0.05) is 27.2 Å². The van der Waals surface area contributed by atoms with Crippen LogP contribution in [0.1, 0.15) is 37.1 Å². The molecule has 3 heterocycles. The number of benzene rings is 1. The minimum absolute atomic E-state index is 0.612. The fraction of sp³-hybridized carbons (Fsp3) is 0.571. The smallest absolute Gasteiger partial charge is 0.221 e. The number of rotatable bonds is 11. The molecule has 1 aliphatic heterocycles. The maximum atomic E-state index is 5.97. The Kier molecular flexibility index (Phi) is 7.94. The summed E-state index contributed by atoms with van der Waals surface area (Å²) in [5.74, 6) is 3.04. The molecule has 4 rings (SSSR count). The summed E-state index contributed by atoms with van der Waals surface area (Å²) in [6.07, 6.45) is 4.86. The van der Waals surface area contributed by atoms with Crippen LogP contribution in [0.25, 0.3) is 0 Å². The number of thioether (sulfide) groups is 1. The number of anilines is 1. The standard InChI is InChI=1S/C21H31N9OS/c1-28-20(23-19(25-28)16-32-21-24-26-27-29(21)2)22-10-7-13-31-18-9-6-8-17(14-18)15-30-11-4-3-5-12-30/h6,8-9,14H,3-5,7,10-13,15-16H2,1-2H3,(H,22,23,25). The van der Waals surface area contributed by atoms with Crippen molar-refractivity contribution in [1.29, 1.82) is 0 Å². The Labute approximate surface area is 192 Å². The van der Waals surface area contributed by atoms with Gasteiger partial charge in [-0.25, -0.2) is 9.36 Å². The monoisotopic (exact) mass is 457 g/mol. The Hall–Kier alpha value is -2.66. The van der Waals surface area contributed by atoms with Crippen molar-refractivity contribution in [2.24, 2.45) is 14.1 Å². The Morgan fingerprint density at radius 1 is 1.12 bits per heavy atom. The topological polar surface area (TPSA) is 98.8 Å². The molecule has 0 spiro atoms. The number of nitrogens with zero attached hydrogens (tertiary/aromatic N) is 8. The highest BCUT2D eigenvalue weighted by Gasteiger charge is 2.11. The van der Waals surface area contributed by atoms with Gasteiger partial charge in [-0.3, -0.25) is 4.90 Å². The van der Waals surface area contributed by atoms with Gasteiger partial charge in [0.1, 0.15) is 5.75 Å². The van der Waals surface area contributed by atoms with E-state index in [2.05, 4.69) is 54.0 Å². The van der Waals surface area contributed by atoms with Crippen molar-refractivity contribution in [3.63, 3.8) is 0 Å². The molecule has 0 saturated carbocycles. The minimum atomic E-state index is 0.612. The lowest BCUT2D eigenvalue weighted by molar-refractivity contribution is 0.220. The first-order valence-corrected chi connectivity index (χ1v) is 12.1. The average molecular weight is 458 g/mol. The second-order valence-corrected chi connectivity index (χ2v) is 8.90. The molecule has 1 fully saturated rings. The van der Waals surface area contributed by atoms with Crippen molar-refractivity contribution in [3.8, 4) is 5.75 Å². The van der Waals surface area contributed by atoms with Gasteiger partial charge in [0.15, 0.2) is 5.82 Å². The lowest BCUT2D eigenvalue weighted by atomic mass is 10.1. The van der Waals surface area contributed by atoms with Crippen molar-refractivity contribution >= 4 is 17.7 Å². The summed E-state index contributed by atoms with van der Waals surface area (Å²) in [6, 6.07) is 8.48. The molecule has 1 aromatic carbocycles. The summed E-state index contributed by atoms with van der Waals surface area (Å²) in [7, 11) is 3.70. The molecule has 1 aliphatic rings. The van der Waals surface area contributed by atoms with Gasteiger partial charge in [-0.05, 0) is 60.5 Å². The Morgan fingerprint density at radius 2 is 2.00 bits per heavy atom. The Morgan fingerprint density at radius 3 is 2.81 bits per heavy atom. The molecule has 0 atom stereocenters. The molecule has 0 radical (unpaired) electrons. The van der Waals surface area contributed by atoms with Crippen molar-refractivity contribution in [1.82, 2.24) is 39.9 Å². The third-order valence-electron chi connectivity index (χ3n) is 5.34. The fourth-order valence-electron chi connectivity index (χ4n) is 3.70. The van der Waals surface area contributed by atoms with E-state index in [0.29, 0.717) is 12.4 Å². The van der Waals surface area contributed by atoms with Crippen LogP contribution in [0.15, 0.2) is 29.4 Å². The summed E-state index contributed by atoms with van der Waals surface area (Å²) >= 11 is 1.51. The maximum Gasteiger partial charge on any atom is 0.221 e.